The summed E-state index contributed by atoms with van der Waals surface area (Å²) in [5.74, 6) is 0.610. The van der Waals surface area contributed by atoms with Crippen LogP contribution in [0.25, 0.3) is 6.08 Å². The minimum atomic E-state index is -0.344. The summed E-state index contributed by atoms with van der Waals surface area (Å²) in [4.78, 5) is 33.6. The molecular weight excluding hydrogens is 452 g/mol. The first-order valence-electron chi connectivity index (χ1n) is 11.5. The molecule has 0 bridgehead atoms. The number of amidine groups is 1. The van der Waals surface area contributed by atoms with Crippen molar-refractivity contribution < 1.29 is 14.5 Å². The van der Waals surface area contributed by atoms with Crippen LogP contribution in [0.3, 0.4) is 0 Å². The van der Waals surface area contributed by atoms with Gasteiger partial charge in [0.15, 0.2) is 5.17 Å². The molecule has 4 rings (SSSR count). The number of amides is 1. The second-order valence-electron chi connectivity index (χ2n) is 8.21. The Kier molecular flexibility index (Phi) is 7.52. The summed E-state index contributed by atoms with van der Waals surface area (Å²) in [5, 5.41) is 12.4. The minimum absolute atomic E-state index is 0.0710. The third-order valence-electron chi connectivity index (χ3n) is 5.86. The average molecular weight is 481 g/mol. The third-order valence-corrected chi connectivity index (χ3v) is 6.87. The molecule has 0 aromatic heterocycles. The first-order valence-corrected chi connectivity index (χ1v) is 12.3. The van der Waals surface area contributed by atoms with E-state index in [4.69, 9.17) is 9.73 Å². The normalized spacial score (nSPS) is 18.4. The highest BCUT2D eigenvalue weighted by atomic mass is 32.2. The predicted octanol–water partition coefficient (Wildman–Crippen LogP) is 5.61. The highest BCUT2D eigenvalue weighted by Gasteiger charge is 2.33. The van der Waals surface area contributed by atoms with Gasteiger partial charge in [-0.15, -0.1) is 0 Å². The van der Waals surface area contributed by atoms with E-state index in [0.29, 0.717) is 27.9 Å². The molecule has 2 aromatic carbocycles. The van der Waals surface area contributed by atoms with Gasteiger partial charge in [-0.2, -0.15) is 0 Å². The van der Waals surface area contributed by atoms with Crippen molar-refractivity contribution in [2.24, 2.45) is 4.99 Å². The molecule has 0 atom stereocenters. The van der Waals surface area contributed by atoms with Crippen LogP contribution in [0.5, 0.6) is 5.75 Å². The van der Waals surface area contributed by atoms with Crippen LogP contribution in [0.15, 0.2) is 52.4 Å². The van der Waals surface area contributed by atoms with Crippen molar-refractivity contribution in [3.05, 3.63) is 63.0 Å². The Morgan fingerprint density at radius 2 is 1.91 bits per heavy atom. The number of hydrogen-bond acceptors (Lipinski definition) is 7. The number of aliphatic imine (C=N–C) groups is 1. The first-order chi connectivity index (χ1) is 16.5. The molecule has 9 heteroatoms. The van der Waals surface area contributed by atoms with E-state index >= 15 is 0 Å². The number of carbonyl (C=O) groups excluding carboxylic acids is 1. The zero-order valence-corrected chi connectivity index (χ0v) is 20.2. The third kappa shape index (κ3) is 5.25. The monoisotopic (exact) mass is 480 g/mol. The summed E-state index contributed by atoms with van der Waals surface area (Å²) in [6, 6.07) is 12.5. The number of unbranched alkanes of at least 4 members (excludes halogenated alkanes) is 1. The molecule has 0 spiro atoms. The Morgan fingerprint density at radius 1 is 1.18 bits per heavy atom. The SMILES string of the molecule is CCCCN1C(=O)/C(=C\c2ccc(N3CCCC3)c([N+](=O)[O-])c2)SC1=Nc1ccc(OC)cc1. The number of methoxy groups -OCH3 is 1. The lowest BCUT2D eigenvalue weighted by molar-refractivity contribution is -0.384. The molecule has 0 saturated carbocycles. The molecule has 178 valence electrons. The summed E-state index contributed by atoms with van der Waals surface area (Å²) >= 11 is 1.30. The second-order valence-corrected chi connectivity index (χ2v) is 9.22. The fraction of sp³-hybridized carbons (Fsp3) is 0.360. The van der Waals surface area contributed by atoms with Crippen molar-refractivity contribution in [2.45, 2.75) is 32.6 Å². The van der Waals surface area contributed by atoms with E-state index in [9.17, 15) is 14.9 Å². The van der Waals surface area contributed by atoms with E-state index in [1.807, 2.05) is 30.3 Å². The average Bonchev–Trinajstić information content (AvgIpc) is 3.47. The van der Waals surface area contributed by atoms with Crippen molar-refractivity contribution in [1.82, 2.24) is 4.90 Å². The van der Waals surface area contributed by atoms with Gasteiger partial charge in [0.25, 0.3) is 11.6 Å². The van der Waals surface area contributed by atoms with Crippen LogP contribution in [-0.2, 0) is 4.79 Å². The van der Waals surface area contributed by atoms with Crippen LogP contribution in [0.2, 0.25) is 0 Å². The number of nitro benzene ring substituents is 1. The van der Waals surface area contributed by atoms with Crippen molar-refractivity contribution in [1.29, 1.82) is 0 Å². The van der Waals surface area contributed by atoms with E-state index in [-0.39, 0.29) is 16.5 Å². The molecule has 2 saturated heterocycles. The number of nitrogens with zero attached hydrogens (tertiary/aromatic N) is 4. The van der Waals surface area contributed by atoms with Gasteiger partial charge in [-0.25, -0.2) is 4.99 Å². The van der Waals surface area contributed by atoms with Gasteiger partial charge in [0.2, 0.25) is 0 Å². The highest BCUT2D eigenvalue weighted by Crippen LogP contribution is 2.37. The van der Waals surface area contributed by atoms with Gasteiger partial charge in [0.05, 0.1) is 22.6 Å². The summed E-state index contributed by atoms with van der Waals surface area (Å²) in [6.07, 6.45) is 5.62. The first kappa shape index (κ1) is 23.8. The van der Waals surface area contributed by atoms with Gasteiger partial charge < -0.3 is 9.64 Å². The number of ether oxygens (including phenoxy) is 1. The van der Waals surface area contributed by atoms with Crippen LogP contribution >= 0.6 is 11.8 Å². The van der Waals surface area contributed by atoms with Gasteiger partial charge >= 0.3 is 0 Å². The molecule has 2 aliphatic heterocycles. The number of anilines is 1. The highest BCUT2D eigenvalue weighted by molar-refractivity contribution is 8.18. The number of hydrogen-bond donors (Lipinski definition) is 0. The molecule has 0 aliphatic carbocycles. The topological polar surface area (TPSA) is 88.3 Å². The van der Waals surface area contributed by atoms with Crippen molar-refractivity contribution in [3.63, 3.8) is 0 Å². The van der Waals surface area contributed by atoms with Gasteiger partial charge in [-0.1, -0.05) is 19.4 Å². The van der Waals surface area contributed by atoms with Crippen molar-refractivity contribution >= 4 is 46.0 Å². The molecule has 1 amide bonds. The van der Waals surface area contributed by atoms with Gasteiger partial charge in [0.1, 0.15) is 11.4 Å². The lowest BCUT2D eigenvalue weighted by Crippen LogP contribution is -2.30. The van der Waals surface area contributed by atoms with Gasteiger partial charge in [-0.3, -0.25) is 19.8 Å². The molecule has 2 aromatic rings. The molecular formula is C25H28N4O4S. The maximum Gasteiger partial charge on any atom is 0.293 e. The Balaban J connectivity index is 1.64. The van der Waals surface area contributed by atoms with Gasteiger partial charge in [0, 0.05) is 25.7 Å². The molecule has 8 nitrogen and oxygen atoms in total. The zero-order chi connectivity index (χ0) is 24.1. The number of nitro groups is 1. The number of benzene rings is 2. The van der Waals surface area contributed by atoms with Crippen LogP contribution in [0.1, 0.15) is 38.2 Å². The second kappa shape index (κ2) is 10.7. The summed E-state index contributed by atoms with van der Waals surface area (Å²) in [7, 11) is 1.61. The quantitative estimate of drug-likeness (QED) is 0.277. The largest absolute Gasteiger partial charge is 0.497 e. The molecule has 34 heavy (non-hydrogen) atoms. The van der Waals surface area contributed by atoms with Crippen molar-refractivity contribution in [3.8, 4) is 5.75 Å². The zero-order valence-electron chi connectivity index (χ0n) is 19.4. The van der Waals surface area contributed by atoms with Crippen LogP contribution in [0, 0.1) is 10.1 Å². The Labute approximate surface area is 203 Å². The predicted molar refractivity (Wildman–Crippen MR) is 137 cm³/mol. The molecule has 2 heterocycles. The molecule has 0 radical (unpaired) electrons. The number of carbonyl (C=O) groups is 1. The molecule has 2 aliphatic rings. The number of rotatable bonds is 8. The smallest absolute Gasteiger partial charge is 0.293 e. The fourth-order valence-electron chi connectivity index (χ4n) is 4.03. The van der Waals surface area contributed by atoms with Crippen molar-refractivity contribution in [2.75, 3.05) is 31.6 Å². The van der Waals surface area contributed by atoms with E-state index in [1.54, 1.807) is 30.2 Å². The minimum Gasteiger partial charge on any atom is -0.497 e. The Hall–Kier alpha value is -3.33. The number of thioether (sulfide) groups is 1. The standard InChI is InChI=1S/C25H28N4O4S/c1-3-4-15-28-24(30)23(34-25(28)26-19-8-10-20(33-2)11-9-19)17-18-7-12-21(22(16-18)29(31)32)27-13-5-6-14-27/h7-12,16-17H,3-6,13-15H2,1-2H3/b23-17+,26-25?. The Bertz CT molecular complexity index is 1120. The molecule has 2 fully saturated rings. The summed E-state index contributed by atoms with van der Waals surface area (Å²) < 4.78 is 5.20. The molecule has 0 unspecified atom stereocenters. The van der Waals surface area contributed by atoms with Crippen LogP contribution in [0.4, 0.5) is 17.1 Å². The lowest BCUT2D eigenvalue weighted by atomic mass is 10.1. The maximum atomic E-state index is 13.2. The maximum absolute atomic E-state index is 13.2. The van der Waals surface area contributed by atoms with E-state index < -0.39 is 0 Å². The van der Waals surface area contributed by atoms with Crippen LogP contribution < -0.4 is 9.64 Å². The summed E-state index contributed by atoms with van der Waals surface area (Å²) in [5.41, 5.74) is 2.07. The lowest BCUT2D eigenvalue weighted by Gasteiger charge is -2.17. The Morgan fingerprint density at radius 3 is 2.56 bits per heavy atom. The van der Waals surface area contributed by atoms with Gasteiger partial charge in [-0.05, 0) is 73.0 Å². The molecule has 0 N–H and O–H groups in total. The van der Waals surface area contributed by atoms with Crippen LogP contribution in [-0.4, -0.2) is 47.6 Å². The summed E-state index contributed by atoms with van der Waals surface area (Å²) in [6.45, 7) is 4.30. The van der Waals surface area contributed by atoms with E-state index in [0.717, 1.165) is 50.2 Å². The van der Waals surface area contributed by atoms with E-state index in [1.165, 1.54) is 11.8 Å². The van der Waals surface area contributed by atoms with E-state index in [2.05, 4.69) is 11.8 Å². The fourth-order valence-corrected chi connectivity index (χ4v) is 5.05.